The van der Waals surface area contributed by atoms with Crippen molar-refractivity contribution in [3.63, 3.8) is 0 Å². The zero-order chi connectivity index (χ0) is 27.4. The number of amides is 2. The molecule has 0 spiro atoms. The number of benzene rings is 1. The number of anilines is 2. The first-order valence-corrected chi connectivity index (χ1v) is 13.6. The molecule has 3 aromatic rings. The molecule has 0 saturated heterocycles. The Kier molecular flexibility index (Phi) is 6.93. The minimum absolute atomic E-state index is 0.0407. The topological polar surface area (TPSA) is 111 Å². The molecule has 3 atom stereocenters. The summed E-state index contributed by atoms with van der Waals surface area (Å²) < 4.78 is 48.5. The fraction of sp³-hybridized carbons (Fsp3) is 0.400. The molecule has 2 aliphatic rings. The molecular formula is C25H25BrF3N5O3S. The van der Waals surface area contributed by atoms with Gasteiger partial charge in [0.25, 0.3) is 11.8 Å². The van der Waals surface area contributed by atoms with Crippen molar-refractivity contribution >= 4 is 49.9 Å². The smallest absolute Gasteiger partial charge is 0.410 e. The summed E-state index contributed by atoms with van der Waals surface area (Å²) in [6, 6.07) is 4.11. The van der Waals surface area contributed by atoms with E-state index in [0.717, 1.165) is 28.0 Å². The SMILES string of the molecule is COc1ccc([C@H]2C[C@@H](C(F)(F)F)n3nc(C(=O)Nc4sc5c(c4C(N)=O)CC[C@H](C)C5)c(Br)c3N2)cc1. The molecule has 0 radical (unpaired) electrons. The van der Waals surface area contributed by atoms with E-state index in [-0.39, 0.29) is 33.0 Å². The highest BCUT2D eigenvalue weighted by Crippen LogP contribution is 2.47. The Labute approximate surface area is 228 Å². The van der Waals surface area contributed by atoms with Gasteiger partial charge in [-0.25, -0.2) is 4.68 Å². The molecule has 1 aromatic carbocycles. The number of primary amides is 1. The van der Waals surface area contributed by atoms with E-state index in [1.807, 2.05) is 0 Å². The lowest BCUT2D eigenvalue weighted by Gasteiger charge is -2.33. The Morgan fingerprint density at radius 3 is 2.63 bits per heavy atom. The molecule has 5 rings (SSSR count). The first-order valence-electron chi connectivity index (χ1n) is 12.0. The van der Waals surface area contributed by atoms with E-state index in [2.05, 4.69) is 38.6 Å². The van der Waals surface area contributed by atoms with Crippen LogP contribution >= 0.6 is 27.3 Å². The number of carbonyl (C=O) groups excluding carboxylic acids is 2. The number of nitrogens with zero attached hydrogens (tertiary/aromatic N) is 2. The third-order valence-electron chi connectivity index (χ3n) is 7.01. The van der Waals surface area contributed by atoms with Gasteiger partial charge in [0.15, 0.2) is 11.7 Å². The molecular weight excluding hydrogens is 587 g/mol. The molecule has 38 heavy (non-hydrogen) atoms. The number of nitrogens with two attached hydrogens (primary N) is 1. The number of alkyl halides is 3. The number of hydrogen-bond donors (Lipinski definition) is 3. The average Bonchev–Trinajstić information content (AvgIpc) is 3.39. The van der Waals surface area contributed by atoms with Crippen molar-refractivity contribution in [1.29, 1.82) is 0 Å². The molecule has 1 aliphatic heterocycles. The maximum atomic E-state index is 14.1. The number of methoxy groups -OCH3 is 1. The van der Waals surface area contributed by atoms with E-state index < -0.39 is 30.1 Å². The monoisotopic (exact) mass is 611 g/mol. The van der Waals surface area contributed by atoms with Crippen LogP contribution in [0.25, 0.3) is 0 Å². The number of carbonyl (C=O) groups is 2. The minimum atomic E-state index is -4.61. The quantitative estimate of drug-likeness (QED) is 0.335. The summed E-state index contributed by atoms with van der Waals surface area (Å²) >= 11 is 4.57. The summed E-state index contributed by atoms with van der Waals surface area (Å²) in [6.45, 7) is 2.11. The largest absolute Gasteiger partial charge is 0.497 e. The average molecular weight is 612 g/mol. The highest BCUT2D eigenvalue weighted by molar-refractivity contribution is 9.10. The zero-order valence-electron chi connectivity index (χ0n) is 20.5. The van der Waals surface area contributed by atoms with Gasteiger partial charge in [0.05, 0.1) is 23.2 Å². The standard InChI is InChI=1S/C25H25BrF3N5O3S/c1-11-3-8-14-16(9-11)38-24(18(14)21(30)35)32-23(36)20-19(26)22-31-15(12-4-6-13(37-2)7-5-12)10-17(25(27,28)29)34(22)33-20/h4-7,11,15,17,31H,3,8-10H2,1-2H3,(H2,30,35)(H,32,36)/t11-,15+,17-/m0/s1. The van der Waals surface area contributed by atoms with Crippen LogP contribution in [0, 0.1) is 5.92 Å². The lowest BCUT2D eigenvalue weighted by molar-refractivity contribution is -0.173. The zero-order valence-corrected chi connectivity index (χ0v) is 22.9. The van der Waals surface area contributed by atoms with Gasteiger partial charge in [-0.05, 0) is 64.4 Å². The van der Waals surface area contributed by atoms with E-state index in [4.69, 9.17) is 10.5 Å². The third-order valence-corrected chi connectivity index (χ3v) is 8.93. The highest BCUT2D eigenvalue weighted by atomic mass is 79.9. The predicted molar refractivity (Wildman–Crippen MR) is 141 cm³/mol. The first kappa shape index (κ1) is 26.5. The van der Waals surface area contributed by atoms with Crippen molar-refractivity contribution < 1.29 is 27.5 Å². The molecule has 4 N–H and O–H groups in total. The predicted octanol–water partition coefficient (Wildman–Crippen LogP) is 5.85. The van der Waals surface area contributed by atoms with Crippen LogP contribution in [0.15, 0.2) is 28.7 Å². The maximum Gasteiger partial charge on any atom is 0.410 e. The van der Waals surface area contributed by atoms with Gasteiger partial charge in [-0.15, -0.1) is 11.3 Å². The van der Waals surface area contributed by atoms with Crippen LogP contribution in [0.1, 0.15) is 68.7 Å². The van der Waals surface area contributed by atoms with Crippen molar-refractivity contribution in [2.24, 2.45) is 11.7 Å². The van der Waals surface area contributed by atoms with E-state index in [0.29, 0.717) is 23.7 Å². The minimum Gasteiger partial charge on any atom is -0.497 e. The fourth-order valence-corrected chi connectivity index (χ4v) is 7.02. The number of fused-ring (bicyclic) bond motifs is 2. The molecule has 8 nitrogen and oxygen atoms in total. The van der Waals surface area contributed by atoms with Crippen LogP contribution in [0.4, 0.5) is 24.0 Å². The second kappa shape index (κ2) is 9.92. The number of thiophene rings is 1. The van der Waals surface area contributed by atoms with Crippen LogP contribution in [0.2, 0.25) is 0 Å². The first-order chi connectivity index (χ1) is 18.0. The number of nitrogens with one attached hydrogen (secondary N) is 2. The lowest BCUT2D eigenvalue weighted by atomic mass is 9.88. The number of hydrogen-bond acceptors (Lipinski definition) is 6. The van der Waals surface area contributed by atoms with Gasteiger partial charge in [-0.2, -0.15) is 18.3 Å². The second-order valence-corrected chi connectivity index (χ2v) is 11.5. The number of ether oxygens (including phenoxy) is 1. The summed E-state index contributed by atoms with van der Waals surface area (Å²) in [7, 11) is 1.51. The Bertz CT molecular complexity index is 1400. The second-order valence-electron chi connectivity index (χ2n) is 9.59. The number of rotatable bonds is 5. The molecule has 13 heteroatoms. The Morgan fingerprint density at radius 1 is 1.29 bits per heavy atom. The van der Waals surface area contributed by atoms with Crippen molar-refractivity contribution in [3.05, 3.63) is 56.0 Å². The van der Waals surface area contributed by atoms with Crippen LogP contribution in [-0.2, 0) is 12.8 Å². The van der Waals surface area contributed by atoms with Gasteiger partial charge in [-0.3, -0.25) is 9.59 Å². The highest BCUT2D eigenvalue weighted by Gasteiger charge is 2.48. The molecule has 0 unspecified atom stereocenters. The van der Waals surface area contributed by atoms with Crippen LogP contribution in [0.5, 0.6) is 5.75 Å². The maximum absolute atomic E-state index is 14.1. The lowest BCUT2D eigenvalue weighted by Crippen LogP contribution is -2.35. The molecule has 1 aliphatic carbocycles. The molecule has 2 amide bonds. The Morgan fingerprint density at radius 2 is 2.00 bits per heavy atom. The van der Waals surface area contributed by atoms with Gasteiger partial charge in [0.1, 0.15) is 16.6 Å². The van der Waals surface area contributed by atoms with E-state index >= 15 is 0 Å². The van der Waals surface area contributed by atoms with Gasteiger partial charge in [0, 0.05) is 11.3 Å². The Hall–Kier alpha value is -3.06. The normalized spacial score (nSPS) is 20.7. The third kappa shape index (κ3) is 4.77. The number of halogens is 4. The van der Waals surface area contributed by atoms with Gasteiger partial charge < -0.3 is 21.1 Å². The molecule has 3 heterocycles. The molecule has 0 saturated carbocycles. The summed E-state index contributed by atoms with van der Waals surface area (Å²) in [5.41, 5.74) is 7.14. The summed E-state index contributed by atoms with van der Waals surface area (Å²) in [4.78, 5) is 26.5. The summed E-state index contributed by atoms with van der Waals surface area (Å²) in [6.07, 6.45) is -2.59. The molecule has 202 valence electrons. The van der Waals surface area contributed by atoms with Gasteiger partial charge in [-0.1, -0.05) is 19.1 Å². The van der Waals surface area contributed by atoms with Crippen LogP contribution in [-0.4, -0.2) is 34.9 Å². The van der Waals surface area contributed by atoms with Crippen LogP contribution in [0.3, 0.4) is 0 Å². The van der Waals surface area contributed by atoms with E-state index in [1.165, 1.54) is 18.4 Å². The van der Waals surface area contributed by atoms with Crippen molar-refractivity contribution in [1.82, 2.24) is 9.78 Å². The summed E-state index contributed by atoms with van der Waals surface area (Å²) in [5.74, 6) is -0.335. The van der Waals surface area contributed by atoms with E-state index in [1.54, 1.807) is 24.3 Å². The van der Waals surface area contributed by atoms with Crippen molar-refractivity contribution in [2.45, 2.75) is 50.9 Å². The van der Waals surface area contributed by atoms with Crippen LogP contribution < -0.4 is 21.1 Å². The number of aromatic nitrogens is 2. The van der Waals surface area contributed by atoms with E-state index in [9.17, 15) is 22.8 Å². The van der Waals surface area contributed by atoms with Gasteiger partial charge >= 0.3 is 6.18 Å². The molecule has 0 bridgehead atoms. The summed E-state index contributed by atoms with van der Waals surface area (Å²) in [5, 5.41) is 10.1. The van der Waals surface area contributed by atoms with Crippen molar-refractivity contribution in [2.75, 3.05) is 17.7 Å². The Balaban J connectivity index is 1.48. The molecule has 0 fully saturated rings. The fourth-order valence-electron chi connectivity index (χ4n) is 5.05. The molecule has 2 aromatic heterocycles. The van der Waals surface area contributed by atoms with Crippen molar-refractivity contribution in [3.8, 4) is 5.75 Å². The van der Waals surface area contributed by atoms with Gasteiger partial charge in [0.2, 0.25) is 0 Å².